The average molecular weight is 377 g/mol. The molecule has 0 aliphatic rings. The first kappa shape index (κ1) is 17.6. The lowest BCUT2D eigenvalue weighted by Gasteiger charge is -2.04. The number of unbranched alkanes of at least 4 members (excludes halogenated alkanes) is 1. The largest absolute Gasteiger partial charge is 0.360 e. The normalized spacial score (nSPS) is 10.8. The SMILES string of the molecule is CCCCc1nnc(NC(=O)c2c(-c3ccccc3Cl)noc2C)s1. The number of carbonyl (C=O) groups is 1. The quantitative estimate of drug-likeness (QED) is 0.671. The molecule has 0 aliphatic heterocycles. The van der Waals surface area contributed by atoms with Crippen LogP contribution in [0.15, 0.2) is 28.8 Å². The maximum atomic E-state index is 12.7. The van der Waals surface area contributed by atoms with Gasteiger partial charge in [-0.25, -0.2) is 0 Å². The lowest BCUT2D eigenvalue weighted by atomic mass is 10.1. The van der Waals surface area contributed by atoms with Gasteiger partial charge in [-0.3, -0.25) is 10.1 Å². The Morgan fingerprint density at radius 1 is 1.32 bits per heavy atom. The summed E-state index contributed by atoms with van der Waals surface area (Å²) in [6.07, 6.45) is 2.99. The average Bonchev–Trinajstić information content (AvgIpc) is 3.20. The fraction of sp³-hybridized carbons (Fsp3) is 0.294. The fourth-order valence-electron chi connectivity index (χ4n) is 2.37. The predicted molar refractivity (Wildman–Crippen MR) is 98.2 cm³/mol. The van der Waals surface area contributed by atoms with E-state index in [4.69, 9.17) is 16.1 Å². The van der Waals surface area contributed by atoms with Gasteiger partial charge in [-0.2, -0.15) is 0 Å². The monoisotopic (exact) mass is 376 g/mol. The van der Waals surface area contributed by atoms with Gasteiger partial charge in [0.15, 0.2) is 0 Å². The second-order valence-corrected chi connectivity index (χ2v) is 6.97. The smallest absolute Gasteiger partial charge is 0.263 e. The van der Waals surface area contributed by atoms with E-state index in [1.54, 1.807) is 19.1 Å². The molecule has 0 radical (unpaired) electrons. The van der Waals surface area contributed by atoms with Crippen molar-refractivity contribution in [2.24, 2.45) is 0 Å². The molecular weight excluding hydrogens is 360 g/mol. The van der Waals surface area contributed by atoms with Crippen LogP contribution in [0.3, 0.4) is 0 Å². The first-order chi connectivity index (χ1) is 12.1. The minimum absolute atomic E-state index is 0.341. The number of nitrogens with zero attached hydrogens (tertiary/aromatic N) is 3. The van der Waals surface area contributed by atoms with Crippen LogP contribution in [-0.4, -0.2) is 21.3 Å². The van der Waals surface area contributed by atoms with Gasteiger partial charge >= 0.3 is 0 Å². The van der Waals surface area contributed by atoms with Crippen LogP contribution in [0.1, 0.15) is 40.9 Å². The molecule has 0 aliphatic carbocycles. The van der Waals surface area contributed by atoms with Crippen LogP contribution < -0.4 is 5.32 Å². The number of benzene rings is 1. The lowest BCUT2D eigenvalue weighted by molar-refractivity contribution is 0.102. The van der Waals surface area contributed by atoms with Crippen LogP contribution in [0.2, 0.25) is 5.02 Å². The van der Waals surface area contributed by atoms with E-state index in [1.165, 1.54) is 11.3 Å². The Labute approximate surface area is 154 Å². The molecule has 3 rings (SSSR count). The van der Waals surface area contributed by atoms with Gasteiger partial charge in [-0.05, 0) is 19.4 Å². The van der Waals surface area contributed by atoms with Crippen molar-refractivity contribution in [3.63, 3.8) is 0 Å². The molecule has 1 amide bonds. The minimum atomic E-state index is -0.341. The van der Waals surface area contributed by atoms with Gasteiger partial charge in [0.2, 0.25) is 5.13 Å². The van der Waals surface area contributed by atoms with E-state index in [1.807, 2.05) is 12.1 Å². The van der Waals surface area contributed by atoms with Crippen molar-refractivity contribution in [3.05, 3.63) is 45.6 Å². The zero-order valence-electron chi connectivity index (χ0n) is 13.9. The van der Waals surface area contributed by atoms with E-state index in [2.05, 4.69) is 27.6 Å². The molecule has 0 saturated heterocycles. The van der Waals surface area contributed by atoms with Crippen LogP contribution in [0, 0.1) is 6.92 Å². The van der Waals surface area contributed by atoms with Crippen molar-refractivity contribution in [3.8, 4) is 11.3 Å². The number of amides is 1. The molecule has 0 bridgehead atoms. The summed E-state index contributed by atoms with van der Waals surface area (Å²) in [6.45, 7) is 3.81. The Kier molecular flexibility index (Phi) is 5.45. The zero-order chi connectivity index (χ0) is 17.8. The van der Waals surface area contributed by atoms with Crippen LogP contribution in [0.5, 0.6) is 0 Å². The summed E-state index contributed by atoms with van der Waals surface area (Å²) in [5.74, 6) is 0.0787. The van der Waals surface area contributed by atoms with Crippen molar-refractivity contribution < 1.29 is 9.32 Å². The van der Waals surface area contributed by atoms with Crippen LogP contribution in [-0.2, 0) is 6.42 Å². The summed E-state index contributed by atoms with van der Waals surface area (Å²) >= 11 is 7.60. The summed E-state index contributed by atoms with van der Waals surface area (Å²) in [5, 5.41) is 16.8. The Morgan fingerprint density at radius 2 is 2.12 bits per heavy atom. The maximum absolute atomic E-state index is 12.7. The third kappa shape index (κ3) is 3.88. The van der Waals surface area contributed by atoms with Gasteiger partial charge in [0.1, 0.15) is 22.0 Å². The molecule has 0 saturated carbocycles. The van der Waals surface area contributed by atoms with E-state index < -0.39 is 0 Å². The van der Waals surface area contributed by atoms with Gasteiger partial charge < -0.3 is 4.52 Å². The van der Waals surface area contributed by atoms with E-state index in [-0.39, 0.29) is 5.91 Å². The Morgan fingerprint density at radius 3 is 2.88 bits per heavy atom. The summed E-state index contributed by atoms with van der Waals surface area (Å²) in [7, 11) is 0. The molecule has 2 aromatic heterocycles. The number of halogens is 1. The Hall–Kier alpha value is -2.25. The molecule has 25 heavy (non-hydrogen) atoms. The lowest BCUT2D eigenvalue weighted by Crippen LogP contribution is -2.13. The van der Waals surface area contributed by atoms with Crippen LogP contribution in [0.25, 0.3) is 11.3 Å². The van der Waals surface area contributed by atoms with Gasteiger partial charge in [0.25, 0.3) is 5.91 Å². The second kappa shape index (κ2) is 7.76. The molecule has 0 fully saturated rings. The highest BCUT2D eigenvalue weighted by atomic mass is 35.5. The Balaban J connectivity index is 1.85. The first-order valence-electron chi connectivity index (χ1n) is 7.95. The fourth-order valence-corrected chi connectivity index (χ4v) is 3.37. The topological polar surface area (TPSA) is 80.9 Å². The number of anilines is 1. The standard InChI is InChI=1S/C17H17ClN4O2S/c1-3-4-9-13-20-21-17(25-13)19-16(23)14-10(2)24-22-15(14)11-7-5-6-8-12(11)18/h5-8H,3-4,9H2,1-2H3,(H,19,21,23). The van der Waals surface area contributed by atoms with E-state index in [0.29, 0.717) is 32.7 Å². The number of aryl methyl sites for hydroxylation is 2. The van der Waals surface area contributed by atoms with E-state index in [9.17, 15) is 4.79 Å². The molecule has 8 heteroatoms. The van der Waals surface area contributed by atoms with Crippen molar-refractivity contribution in [2.45, 2.75) is 33.1 Å². The molecule has 0 unspecified atom stereocenters. The van der Waals surface area contributed by atoms with Crippen molar-refractivity contribution in [2.75, 3.05) is 5.32 Å². The number of nitrogens with one attached hydrogen (secondary N) is 1. The van der Waals surface area contributed by atoms with Crippen LogP contribution >= 0.6 is 22.9 Å². The second-order valence-electron chi connectivity index (χ2n) is 5.50. The van der Waals surface area contributed by atoms with Crippen molar-refractivity contribution in [1.29, 1.82) is 0 Å². The first-order valence-corrected chi connectivity index (χ1v) is 9.14. The Bertz CT molecular complexity index is 890. The molecule has 0 atom stereocenters. The molecule has 3 aromatic rings. The molecule has 130 valence electrons. The third-order valence-corrected chi connectivity index (χ3v) is 4.88. The molecule has 6 nitrogen and oxygen atoms in total. The summed E-state index contributed by atoms with van der Waals surface area (Å²) in [4.78, 5) is 12.7. The minimum Gasteiger partial charge on any atom is -0.360 e. The number of carbonyl (C=O) groups excluding carboxylic acids is 1. The molecule has 2 heterocycles. The number of hydrogen-bond acceptors (Lipinski definition) is 6. The van der Waals surface area contributed by atoms with Gasteiger partial charge in [0, 0.05) is 12.0 Å². The highest BCUT2D eigenvalue weighted by Gasteiger charge is 2.23. The molecular formula is C17H17ClN4O2S. The van der Waals surface area contributed by atoms with Gasteiger partial charge in [-0.1, -0.05) is 59.6 Å². The summed E-state index contributed by atoms with van der Waals surface area (Å²) in [6, 6.07) is 7.19. The maximum Gasteiger partial charge on any atom is 0.263 e. The highest BCUT2D eigenvalue weighted by molar-refractivity contribution is 7.15. The summed E-state index contributed by atoms with van der Waals surface area (Å²) < 4.78 is 5.22. The van der Waals surface area contributed by atoms with E-state index >= 15 is 0 Å². The van der Waals surface area contributed by atoms with Crippen LogP contribution in [0.4, 0.5) is 5.13 Å². The molecule has 1 N–H and O–H groups in total. The zero-order valence-corrected chi connectivity index (χ0v) is 15.4. The highest BCUT2D eigenvalue weighted by Crippen LogP contribution is 2.31. The third-order valence-electron chi connectivity index (χ3n) is 3.65. The van der Waals surface area contributed by atoms with Gasteiger partial charge in [-0.15, -0.1) is 10.2 Å². The molecule has 1 aromatic carbocycles. The van der Waals surface area contributed by atoms with Crippen molar-refractivity contribution in [1.82, 2.24) is 15.4 Å². The number of aromatic nitrogens is 3. The predicted octanol–water partition coefficient (Wildman–Crippen LogP) is 4.75. The van der Waals surface area contributed by atoms with E-state index in [0.717, 1.165) is 24.3 Å². The summed E-state index contributed by atoms with van der Waals surface area (Å²) in [5.41, 5.74) is 1.40. The van der Waals surface area contributed by atoms with Gasteiger partial charge in [0.05, 0.1) is 5.02 Å². The molecule has 0 spiro atoms. The number of rotatable bonds is 6. The van der Waals surface area contributed by atoms with Crippen molar-refractivity contribution >= 4 is 34.0 Å². The number of hydrogen-bond donors (Lipinski definition) is 1.